The number of carbonyl (C=O) groups excluding carboxylic acids is 1. The van der Waals surface area contributed by atoms with Crippen LogP contribution in [-0.4, -0.2) is 23.9 Å². The number of allylic oxidation sites excluding steroid dienone is 3. The topological polar surface area (TPSA) is 46.5 Å². The molecule has 0 amide bonds. The van der Waals surface area contributed by atoms with Gasteiger partial charge in [-0.3, -0.25) is 0 Å². The first-order chi connectivity index (χ1) is 7.77. The van der Waals surface area contributed by atoms with E-state index in [-0.39, 0.29) is 12.2 Å². The van der Waals surface area contributed by atoms with E-state index in [2.05, 4.69) is 4.74 Å². The minimum atomic E-state index is -5.02. The number of hydrogen-bond acceptors (Lipinski definition) is 3. The summed E-state index contributed by atoms with van der Waals surface area (Å²) in [6.07, 6.45) is -1.60. The van der Waals surface area contributed by atoms with Gasteiger partial charge in [0, 0.05) is 6.42 Å². The molecular formula is C11H15F3O3. The summed E-state index contributed by atoms with van der Waals surface area (Å²) >= 11 is 0. The molecule has 0 bridgehead atoms. The summed E-state index contributed by atoms with van der Waals surface area (Å²) in [5, 5.41) is 8.60. The molecule has 0 aromatic rings. The molecule has 0 aliphatic rings. The van der Waals surface area contributed by atoms with Gasteiger partial charge >= 0.3 is 12.1 Å². The van der Waals surface area contributed by atoms with E-state index in [1.54, 1.807) is 6.08 Å². The van der Waals surface area contributed by atoms with Crippen molar-refractivity contribution in [1.29, 1.82) is 0 Å². The fourth-order valence-electron chi connectivity index (χ4n) is 0.977. The lowest BCUT2D eigenvalue weighted by atomic mass is 10.2. The molecule has 17 heavy (non-hydrogen) atoms. The second kappa shape index (κ2) is 7.11. The van der Waals surface area contributed by atoms with Crippen LogP contribution in [0.25, 0.3) is 0 Å². The first-order valence-electron chi connectivity index (χ1n) is 4.99. The molecule has 0 aliphatic carbocycles. The van der Waals surface area contributed by atoms with Gasteiger partial charge in [-0.15, -0.1) is 0 Å². The van der Waals surface area contributed by atoms with Gasteiger partial charge in [0.05, 0.1) is 6.61 Å². The zero-order chi connectivity index (χ0) is 13.5. The van der Waals surface area contributed by atoms with Crippen molar-refractivity contribution in [3.05, 3.63) is 23.5 Å². The van der Waals surface area contributed by atoms with Crippen LogP contribution in [0.5, 0.6) is 0 Å². The SMILES string of the molecule is CC(C)=CCC/C(=C/CO)OC(=O)C(F)(F)F. The van der Waals surface area contributed by atoms with Crippen LogP contribution in [0.1, 0.15) is 26.7 Å². The number of ether oxygens (including phenoxy) is 1. The number of halogens is 3. The third-order valence-electron chi connectivity index (χ3n) is 1.72. The third-order valence-corrected chi connectivity index (χ3v) is 1.72. The van der Waals surface area contributed by atoms with Gasteiger partial charge in [-0.2, -0.15) is 13.2 Å². The lowest BCUT2D eigenvalue weighted by Gasteiger charge is -2.09. The van der Waals surface area contributed by atoms with E-state index in [9.17, 15) is 18.0 Å². The van der Waals surface area contributed by atoms with Gasteiger partial charge in [0.1, 0.15) is 5.76 Å². The molecule has 0 saturated heterocycles. The molecule has 1 N–H and O–H groups in total. The fourth-order valence-corrected chi connectivity index (χ4v) is 0.977. The minimum Gasteiger partial charge on any atom is -0.425 e. The summed E-state index contributed by atoms with van der Waals surface area (Å²) in [4.78, 5) is 10.6. The number of carbonyl (C=O) groups is 1. The Bertz CT molecular complexity index is 312. The number of alkyl halides is 3. The van der Waals surface area contributed by atoms with Crippen molar-refractivity contribution in [2.24, 2.45) is 0 Å². The Labute approximate surface area is 97.6 Å². The fraction of sp³-hybridized carbons (Fsp3) is 0.545. The van der Waals surface area contributed by atoms with Crippen LogP contribution in [0.2, 0.25) is 0 Å². The Morgan fingerprint density at radius 3 is 2.29 bits per heavy atom. The maximum absolute atomic E-state index is 11.9. The lowest BCUT2D eigenvalue weighted by Crippen LogP contribution is -2.25. The average Bonchev–Trinajstić information content (AvgIpc) is 2.15. The van der Waals surface area contributed by atoms with Gasteiger partial charge < -0.3 is 9.84 Å². The molecule has 0 unspecified atom stereocenters. The number of rotatable bonds is 5. The highest BCUT2D eigenvalue weighted by molar-refractivity contribution is 5.76. The Kier molecular flexibility index (Phi) is 6.57. The van der Waals surface area contributed by atoms with Crippen molar-refractivity contribution in [3.63, 3.8) is 0 Å². The van der Waals surface area contributed by atoms with E-state index >= 15 is 0 Å². The second-order valence-electron chi connectivity index (χ2n) is 3.56. The molecule has 0 spiro atoms. The van der Waals surface area contributed by atoms with Gasteiger partial charge in [-0.05, 0) is 26.3 Å². The highest BCUT2D eigenvalue weighted by Crippen LogP contribution is 2.20. The normalized spacial score (nSPS) is 12.2. The van der Waals surface area contributed by atoms with Crippen LogP contribution >= 0.6 is 0 Å². The predicted octanol–water partition coefficient (Wildman–Crippen LogP) is 2.71. The van der Waals surface area contributed by atoms with E-state index in [1.165, 1.54) is 0 Å². The van der Waals surface area contributed by atoms with Crippen molar-refractivity contribution < 1.29 is 27.8 Å². The van der Waals surface area contributed by atoms with Crippen LogP contribution in [0.15, 0.2) is 23.5 Å². The van der Waals surface area contributed by atoms with Crippen LogP contribution in [0.4, 0.5) is 13.2 Å². The van der Waals surface area contributed by atoms with Gasteiger partial charge in [-0.25, -0.2) is 4.79 Å². The molecule has 0 aromatic heterocycles. The van der Waals surface area contributed by atoms with Gasteiger partial charge in [0.25, 0.3) is 0 Å². The zero-order valence-corrected chi connectivity index (χ0v) is 9.67. The average molecular weight is 252 g/mol. The Hall–Kier alpha value is -1.30. The molecule has 0 heterocycles. The maximum Gasteiger partial charge on any atom is 0.491 e. The Morgan fingerprint density at radius 2 is 1.88 bits per heavy atom. The lowest BCUT2D eigenvalue weighted by molar-refractivity contribution is -0.195. The molecule has 0 rings (SSSR count). The molecule has 0 atom stereocenters. The number of esters is 1. The van der Waals surface area contributed by atoms with Crippen LogP contribution in [-0.2, 0) is 9.53 Å². The Balaban J connectivity index is 4.42. The molecule has 6 heteroatoms. The molecule has 0 aromatic carbocycles. The first-order valence-corrected chi connectivity index (χ1v) is 4.99. The number of aliphatic hydroxyl groups excluding tert-OH is 1. The highest BCUT2D eigenvalue weighted by atomic mass is 19.4. The van der Waals surface area contributed by atoms with Crippen molar-refractivity contribution in [2.75, 3.05) is 6.61 Å². The maximum atomic E-state index is 11.9. The zero-order valence-electron chi connectivity index (χ0n) is 9.67. The standard InChI is InChI=1S/C11H15F3O3/c1-8(2)4-3-5-9(6-7-15)17-10(16)11(12,13)14/h4,6,15H,3,5,7H2,1-2H3/b9-6-. The van der Waals surface area contributed by atoms with E-state index in [0.717, 1.165) is 11.6 Å². The summed E-state index contributed by atoms with van der Waals surface area (Å²) in [6.45, 7) is 3.21. The molecule has 3 nitrogen and oxygen atoms in total. The molecule has 98 valence electrons. The van der Waals surface area contributed by atoms with Crippen molar-refractivity contribution in [2.45, 2.75) is 32.9 Å². The van der Waals surface area contributed by atoms with E-state index < -0.39 is 18.8 Å². The monoisotopic (exact) mass is 252 g/mol. The van der Waals surface area contributed by atoms with Crippen molar-refractivity contribution in [3.8, 4) is 0 Å². The van der Waals surface area contributed by atoms with Crippen molar-refractivity contribution >= 4 is 5.97 Å². The molecule has 0 saturated carbocycles. The van der Waals surface area contributed by atoms with Crippen LogP contribution in [0, 0.1) is 0 Å². The highest BCUT2D eigenvalue weighted by Gasteiger charge is 2.41. The van der Waals surface area contributed by atoms with Crippen LogP contribution in [0.3, 0.4) is 0 Å². The van der Waals surface area contributed by atoms with Crippen molar-refractivity contribution in [1.82, 2.24) is 0 Å². The summed E-state index contributed by atoms with van der Waals surface area (Å²) in [7, 11) is 0. The van der Waals surface area contributed by atoms with E-state index in [1.807, 2.05) is 13.8 Å². The number of hydrogen-bond donors (Lipinski definition) is 1. The summed E-state index contributed by atoms with van der Waals surface area (Å²) in [5.74, 6) is -2.44. The van der Waals surface area contributed by atoms with Crippen LogP contribution < -0.4 is 0 Å². The van der Waals surface area contributed by atoms with Gasteiger partial charge in [0.2, 0.25) is 0 Å². The summed E-state index contributed by atoms with van der Waals surface area (Å²) < 4.78 is 39.9. The smallest absolute Gasteiger partial charge is 0.425 e. The second-order valence-corrected chi connectivity index (χ2v) is 3.56. The number of aliphatic hydroxyl groups is 1. The molecule has 0 radical (unpaired) electrons. The predicted molar refractivity (Wildman–Crippen MR) is 56.0 cm³/mol. The first kappa shape index (κ1) is 15.7. The van der Waals surface area contributed by atoms with Gasteiger partial charge in [0.15, 0.2) is 0 Å². The van der Waals surface area contributed by atoms with Gasteiger partial charge in [-0.1, -0.05) is 11.6 Å². The van der Waals surface area contributed by atoms with E-state index in [0.29, 0.717) is 6.42 Å². The summed E-state index contributed by atoms with van der Waals surface area (Å²) in [6, 6.07) is 0. The molecule has 0 fully saturated rings. The third kappa shape index (κ3) is 7.57. The quantitative estimate of drug-likeness (QED) is 0.465. The largest absolute Gasteiger partial charge is 0.491 e. The summed E-state index contributed by atoms with van der Waals surface area (Å²) in [5.41, 5.74) is 1.01. The molecular weight excluding hydrogens is 237 g/mol. The minimum absolute atomic E-state index is 0.133. The van der Waals surface area contributed by atoms with E-state index in [4.69, 9.17) is 5.11 Å². The molecule has 0 aliphatic heterocycles. The Morgan fingerprint density at radius 1 is 1.29 bits per heavy atom.